The number of fused-ring (bicyclic) bond motifs is 2. The molecule has 2 bridgehead atoms. The van der Waals surface area contributed by atoms with E-state index in [0.29, 0.717) is 12.5 Å². The van der Waals surface area contributed by atoms with Crippen LogP contribution in [0.4, 0.5) is 5.82 Å². The van der Waals surface area contributed by atoms with Gasteiger partial charge in [0.25, 0.3) is 0 Å². The molecule has 0 radical (unpaired) electrons. The fourth-order valence-electron chi connectivity index (χ4n) is 3.01. The molecule has 2 aliphatic rings. The molecule has 0 aromatic carbocycles. The number of hydrogen-bond acceptors (Lipinski definition) is 5. The van der Waals surface area contributed by atoms with Gasteiger partial charge in [0, 0.05) is 18.8 Å². The van der Waals surface area contributed by atoms with E-state index in [1.807, 2.05) is 0 Å². The van der Waals surface area contributed by atoms with Gasteiger partial charge in [0.2, 0.25) is 10.0 Å². The highest BCUT2D eigenvalue weighted by Crippen LogP contribution is 2.41. The molecule has 2 atom stereocenters. The molecule has 0 amide bonds. The minimum Gasteiger partial charge on any atom is -0.307 e. The van der Waals surface area contributed by atoms with Crippen LogP contribution in [-0.2, 0) is 10.0 Å². The van der Waals surface area contributed by atoms with E-state index in [0.717, 1.165) is 19.3 Å². The Balaban J connectivity index is 2.00. The highest BCUT2D eigenvalue weighted by molar-refractivity contribution is 7.89. The Hall–Kier alpha value is -1.18. The number of nitrogens with one attached hydrogen (secondary N) is 1. The highest BCUT2D eigenvalue weighted by Gasteiger charge is 2.44. The van der Waals surface area contributed by atoms with Gasteiger partial charge in [0.15, 0.2) is 5.82 Å². The van der Waals surface area contributed by atoms with E-state index < -0.39 is 10.0 Å². The first kappa shape index (κ1) is 11.9. The molecule has 1 saturated carbocycles. The zero-order valence-corrected chi connectivity index (χ0v) is 10.7. The Morgan fingerprint density at radius 2 is 2.28 bits per heavy atom. The summed E-state index contributed by atoms with van der Waals surface area (Å²) < 4.78 is 26.8. The third-order valence-corrected chi connectivity index (χ3v) is 5.80. The van der Waals surface area contributed by atoms with Crippen LogP contribution in [0.2, 0.25) is 0 Å². The molecular weight excluding hydrogens is 252 g/mol. The van der Waals surface area contributed by atoms with E-state index >= 15 is 0 Å². The van der Waals surface area contributed by atoms with Crippen LogP contribution >= 0.6 is 0 Å². The largest absolute Gasteiger partial charge is 0.307 e. The summed E-state index contributed by atoms with van der Waals surface area (Å²) >= 11 is 0. The summed E-state index contributed by atoms with van der Waals surface area (Å²) in [6.45, 7) is 0.631. The molecule has 18 heavy (non-hydrogen) atoms. The highest BCUT2D eigenvalue weighted by atomic mass is 32.2. The van der Waals surface area contributed by atoms with Gasteiger partial charge in [-0.25, -0.2) is 19.2 Å². The third-order valence-electron chi connectivity index (χ3n) is 3.85. The van der Waals surface area contributed by atoms with E-state index in [1.165, 1.54) is 6.20 Å². The number of rotatable bonds is 3. The van der Waals surface area contributed by atoms with Crippen molar-refractivity contribution in [3.8, 4) is 0 Å². The van der Waals surface area contributed by atoms with Gasteiger partial charge in [-0.15, -0.1) is 0 Å². The van der Waals surface area contributed by atoms with Crippen LogP contribution < -0.4 is 11.3 Å². The number of pyridine rings is 1. The molecule has 6 nitrogen and oxygen atoms in total. The van der Waals surface area contributed by atoms with Crippen molar-refractivity contribution in [3.63, 3.8) is 0 Å². The predicted molar refractivity (Wildman–Crippen MR) is 67.1 cm³/mol. The second-order valence-corrected chi connectivity index (χ2v) is 6.76. The van der Waals surface area contributed by atoms with Gasteiger partial charge in [-0.2, -0.15) is 4.31 Å². The van der Waals surface area contributed by atoms with Crippen molar-refractivity contribution in [1.82, 2.24) is 9.29 Å². The molecular formula is C11H16N4O2S. The summed E-state index contributed by atoms with van der Waals surface area (Å²) in [6.07, 6.45) is 4.62. The molecule has 98 valence electrons. The van der Waals surface area contributed by atoms with Crippen LogP contribution in [0.3, 0.4) is 0 Å². The fraction of sp³-hybridized carbons (Fsp3) is 0.545. The fourth-order valence-corrected chi connectivity index (χ4v) is 4.86. The Labute approximate surface area is 106 Å². The maximum atomic E-state index is 12.6. The van der Waals surface area contributed by atoms with Gasteiger partial charge in [-0.3, -0.25) is 0 Å². The monoisotopic (exact) mass is 268 g/mol. The molecule has 7 heteroatoms. The van der Waals surface area contributed by atoms with E-state index in [1.54, 1.807) is 16.4 Å². The van der Waals surface area contributed by atoms with Crippen molar-refractivity contribution < 1.29 is 8.42 Å². The van der Waals surface area contributed by atoms with Crippen molar-refractivity contribution in [2.75, 3.05) is 12.0 Å². The van der Waals surface area contributed by atoms with E-state index in [2.05, 4.69) is 10.4 Å². The second-order valence-electron chi connectivity index (χ2n) is 4.90. The van der Waals surface area contributed by atoms with Crippen LogP contribution in [0.1, 0.15) is 19.3 Å². The van der Waals surface area contributed by atoms with Crippen molar-refractivity contribution in [3.05, 3.63) is 18.3 Å². The molecule has 1 aliphatic carbocycles. The lowest BCUT2D eigenvalue weighted by molar-refractivity contribution is 0.333. The van der Waals surface area contributed by atoms with E-state index in [-0.39, 0.29) is 16.8 Å². The lowest BCUT2D eigenvalue weighted by atomic mass is 10.1. The lowest BCUT2D eigenvalue weighted by Crippen LogP contribution is -2.38. The number of aromatic nitrogens is 1. The first-order valence-corrected chi connectivity index (χ1v) is 7.50. The quantitative estimate of drug-likeness (QED) is 0.617. The number of nitrogens with zero attached hydrogens (tertiary/aromatic N) is 2. The predicted octanol–water partition coefficient (Wildman–Crippen LogP) is 0.540. The van der Waals surface area contributed by atoms with Gasteiger partial charge < -0.3 is 5.43 Å². The number of anilines is 1. The van der Waals surface area contributed by atoms with Crippen molar-refractivity contribution in [1.29, 1.82) is 0 Å². The number of sulfonamides is 1. The Morgan fingerprint density at radius 3 is 2.89 bits per heavy atom. The second kappa shape index (κ2) is 4.18. The molecule has 2 fully saturated rings. The van der Waals surface area contributed by atoms with E-state index in [4.69, 9.17) is 5.84 Å². The molecule has 1 saturated heterocycles. The number of hydrazine groups is 1. The maximum Gasteiger partial charge on any atom is 0.247 e. The SMILES string of the molecule is NNc1ncccc1S(=O)(=O)N1CC2CCC1C2. The smallest absolute Gasteiger partial charge is 0.247 e. The third kappa shape index (κ3) is 1.70. The molecule has 3 rings (SSSR count). The molecule has 1 aromatic rings. The Morgan fingerprint density at radius 1 is 1.44 bits per heavy atom. The molecule has 2 heterocycles. The summed E-state index contributed by atoms with van der Waals surface area (Å²) in [5.41, 5.74) is 2.35. The van der Waals surface area contributed by atoms with E-state index in [9.17, 15) is 8.42 Å². The number of nitrogen functional groups attached to an aromatic ring is 1. The molecule has 1 aromatic heterocycles. The first-order chi connectivity index (χ1) is 8.63. The summed E-state index contributed by atoms with van der Waals surface area (Å²) in [5, 5.41) is 0. The maximum absolute atomic E-state index is 12.6. The van der Waals surface area contributed by atoms with Gasteiger partial charge >= 0.3 is 0 Å². The normalized spacial score (nSPS) is 27.6. The zero-order valence-electron chi connectivity index (χ0n) is 9.91. The summed E-state index contributed by atoms with van der Waals surface area (Å²) in [4.78, 5) is 4.12. The molecule has 1 aliphatic heterocycles. The van der Waals surface area contributed by atoms with Gasteiger partial charge in [-0.05, 0) is 37.3 Å². The zero-order chi connectivity index (χ0) is 12.8. The first-order valence-electron chi connectivity index (χ1n) is 6.06. The minimum absolute atomic E-state index is 0.158. The summed E-state index contributed by atoms with van der Waals surface area (Å²) in [6, 6.07) is 3.32. The lowest BCUT2D eigenvalue weighted by Gasteiger charge is -2.26. The average Bonchev–Trinajstić information content (AvgIpc) is 3.01. The minimum atomic E-state index is -3.48. The van der Waals surface area contributed by atoms with Crippen LogP contribution in [0.25, 0.3) is 0 Å². The number of piperidine rings is 1. The molecule has 0 spiro atoms. The Bertz CT molecular complexity index is 560. The van der Waals surface area contributed by atoms with Crippen molar-refractivity contribution in [2.24, 2.45) is 11.8 Å². The average molecular weight is 268 g/mol. The van der Waals surface area contributed by atoms with Crippen molar-refractivity contribution >= 4 is 15.8 Å². The summed E-state index contributed by atoms with van der Waals surface area (Å²) in [5.74, 6) is 6.06. The molecule has 2 unspecified atom stereocenters. The van der Waals surface area contributed by atoms with Gasteiger partial charge in [-0.1, -0.05) is 0 Å². The number of nitrogens with two attached hydrogens (primary N) is 1. The van der Waals surface area contributed by atoms with Crippen LogP contribution in [-0.4, -0.2) is 30.3 Å². The standard InChI is InChI=1S/C11H16N4O2S/c12-14-11-10(2-1-5-13-11)18(16,17)15-7-8-3-4-9(15)6-8/h1-2,5,8-9H,3-4,6-7,12H2,(H,13,14). The molecule has 3 N–H and O–H groups in total. The number of hydrogen-bond donors (Lipinski definition) is 2. The van der Waals surface area contributed by atoms with Gasteiger partial charge in [0.05, 0.1) is 0 Å². The van der Waals surface area contributed by atoms with Gasteiger partial charge in [0.1, 0.15) is 4.90 Å². The van der Waals surface area contributed by atoms with Crippen molar-refractivity contribution in [2.45, 2.75) is 30.2 Å². The van der Waals surface area contributed by atoms with Crippen LogP contribution in [0.15, 0.2) is 23.2 Å². The Kier molecular flexibility index (Phi) is 2.76. The van der Waals surface area contributed by atoms with Crippen LogP contribution in [0, 0.1) is 5.92 Å². The summed E-state index contributed by atoms with van der Waals surface area (Å²) in [7, 11) is -3.48. The topological polar surface area (TPSA) is 88.3 Å². The van der Waals surface area contributed by atoms with Crippen LogP contribution in [0.5, 0.6) is 0 Å².